The third-order valence-corrected chi connectivity index (χ3v) is 2.43. The summed E-state index contributed by atoms with van der Waals surface area (Å²) in [5, 5.41) is 7.44. The summed E-state index contributed by atoms with van der Waals surface area (Å²) < 4.78 is 5.14. The number of aryl methyl sites for hydroxylation is 2. The molecule has 4 heteroatoms. The van der Waals surface area contributed by atoms with Crippen molar-refractivity contribution >= 4 is 6.21 Å². The summed E-state index contributed by atoms with van der Waals surface area (Å²) in [5.41, 5.74) is 3.94. The van der Waals surface area contributed by atoms with Crippen LogP contribution in [0.15, 0.2) is 33.9 Å². The van der Waals surface area contributed by atoms with Gasteiger partial charge in [0.1, 0.15) is 5.76 Å². The normalized spacial score (nSPS) is 11.1. The van der Waals surface area contributed by atoms with Gasteiger partial charge in [0.2, 0.25) is 0 Å². The van der Waals surface area contributed by atoms with Crippen molar-refractivity contribution in [1.82, 2.24) is 5.16 Å². The monoisotopic (exact) mass is 215 g/mol. The van der Waals surface area contributed by atoms with Crippen LogP contribution in [-0.4, -0.2) is 11.4 Å². The number of hydrazone groups is 1. The molecule has 0 amide bonds. The number of hydrogen-bond acceptors (Lipinski definition) is 4. The number of rotatable bonds is 2. The Morgan fingerprint density at radius 1 is 1.38 bits per heavy atom. The van der Waals surface area contributed by atoms with Crippen molar-refractivity contribution in [2.45, 2.75) is 13.8 Å². The van der Waals surface area contributed by atoms with Gasteiger partial charge in [-0.3, -0.25) is 0 Å². The third-order valence-electron chi connectivity index (χ3n) is 2.43. The van der Waals surface area contributed by atoms with E-state index in [2.05, 4.69) is 10.3 Å². The van der Waals surface area contributed by atoms with Crippen molar-refractivity contribution in [3.8, 4) is 11.1 Å². The standard InChI is InChI=1S/C12H13N3O/c1-8-12(9(2)16-15-8)11-5-3-4-10(6-11)7-14-13/h3-7H,13H2,1-2H3. The summed E-state index contributed by atoms with van der Waals surface area (Å²) in [6.07, 6.45) is 1.61. The van der Waals surface area contributed by atoms with Crippen LogP contribution < -0.4 is 5.84 Å². The molecule has 1 heterocycles. The zero-order valence-electron chi connectivity index (χ0n) is 9.27. The number of nitrogens with two attached hydrogens (primary N) is 1. The van der Waals surface area contributed by atoms with Gasteiger partial charge < -0.3 is 10.4 Å². The molecule has 82 valence electrons. The lowest BCUT2D eigenvalue weighted by molar-refractivity contribution is 0.393. The summed E-state index contributed by atoms with van der Waals surface area (Å²) in [6, 6.07) is 7.92. The van der Waals surface area contributed by atoms with Crippen molar-refractivity contribution in [2.75, 3.05) is 0 Å². The van der Waals surface area contributed by atoms with Gasteiger partial charge in [0.05, 0.1) is 11.9 Å². The fourth-order valence-corrected chi connectivity index (χ4v) is 1.76. The SMILES string of the molecule is Cc1noc(C)c1-c1cccc(C=NN)c1. The van der Waals surface area contributed by atoms with Gasteiger partial charge in [-0.15, -0.1) is 0 Å². The lowest BCUT2D eigenvalue weighted by Crippen LogP contribution is -1.88. The first-order valence-corrected chi connectivity index (χ1v) is 4.99. The largest absolute Gasteiger partial charge is 0.361 e. The van der Waals surface area contributed by atoms with E-state index >= 15 is 0 Å². The summed E-state index contributed by atoms with van der Waals surface area (Å²) in [5.74, 6) is 5.95. The van der Waals surface area contributed by atoms with E-state index in [1.165, 1.54) is 0 Å². The first-order valence-electron chi connectivity index (χ1n) is 4.99. The van der Waals surface area contributed by atoms with Crippen molar-refractivity contribution in [3.05, 3.63) is 41.3 Å². The number of hydrogen-bond donors (Lipinski definition) is 1. The molecule has 16 heavy (non-hydrogen) atoms. The Bertz CT molecular complexity index is 509. The molecule has 1 aromatic carbocycles. The van der Waals surface area contributed by atoms with Crippen molar-refractivity contribution in [1.29, 1.82) is 0 Å². The quantitative estimate of drug-likeness (QED) is 0.474. The molecule has 1 aromatic heterocycles. The number of benzene rings is 1. The van der Waals surface area contributed by atoms with Crippen LogP contribution >= 0.6 is 0 Å². The van der Waals surface area contributed by atoms with E-state index in [9.17, 15) is 0 Å². The van der Waals surface area contributed by atoms with Crippen molar-refractivity contribution in [2.24, 2.45) is 10.9 Å². The van der Waals surface area contributed by atoms with Crippen LogP contribution in [0.2, 0.25) is 0 Å². The Hall–Kier alpha value is -2.10. The second-order valence-electron chi connectivity index (χ2n) is 3.60. The highest BCUT2D eigenvalue weighted by Gasteiger charge is 2.10. The minimum absolute atomic E-state index is 0.819. The molecule has 0 bridgehead atoms. The molecule has 0 radical (unpaired) electrons. The van der Waals surface area contributed by atoms with E-state index in [0.29, 0.717) is 0 Å². The predicted molar refractivity (Wildman–Crippen MR) is 63.2 cm³/mol. The predicted octanol–water partition coefficient (Wildman–Crippen LogP) is 2.25. The third kappa shape index (κ3) is 1.82. The molecule has 2 rings (SSSR count). The highest BCUT2D eigenvalue weighted by Crippen LogP contribution is 2.26. The van der Waals surface area contributed by atoms with Gasteiger partial charge >= 0.3 is 0 Å². The molecule has 0 unspecified atom stereocenters. The Labute approximate surface area is 93.8 Å². The lowest BCUT2D eigenvalue weighted by atomic mass is 10.0. The molecule has 0 aliphatic rings. The number of nitrogens with zero attached hydrogens (tertiary/aromatic N) is 2. The summed E-state index contributed by atoms with van der Waals surface area (Å²) >= 11 is 0. The molecule has 0 fully saturated rings. The minimum atomic E-state index is 0.819. The van der Waals surface area contributed by atoms with Crippen LogP contribution in [0.4, 0.5) is 0 Å². The maximum atomic E-state index is 5.14. The Morgan fingerprint density at radius 2 is 2.19 bits per heavy atom. The van der Waals surface area contributed by atoms with Gasteiger partial charge in [-0.1, -0.05) is 23.4 Å². The van der Waals surface area contributed by atoms with Crippen LogP contribution in [0.5, 0.6) is 0 Å². The zero-order chi connectivity index (χ0) is 11.5. The average molecular weight is 215 g/mol. The first-order chi connectivity index (χ1) is 7.72. The Balaban J connectivity index is 2.52. The van der Waals surface area contributed by atoms with Crippen LogP contribution in [0.1, 0.15) is 17.0 Å². The molecule has 0 saturated heterocycles. The molecule has 4 nitrogen and oxygen atoms in total. The maximum Gasteiger partial charge on any atom is 0.141 e. The highest BCUT2D eigenvalue weighted by molar-refractivity contribution is 5.82. The lowest BCUT2D eigenvalue weighted by Gasteiger charge is -2.01. The van der Waals surface area contributed by atoms with Gasteiger partial charge in [-0.2, -0.15) is 5.10 Å². The van der Waals surface area contributed by atoms with Crippen molar-refractivity contribution in [3.63, 3.8) is 0 Å². The van der Waals surface area contributed by atoms with Crippen LogP contribution in [-0.2, 0) is 0 Å². The van der Waals surface area contributed by atoms with E-state index < -0.39 is 0 Å². The molecule has 2 N–H and O–H groups in total. The van der Waals surface area contributed by atoms with Gasteiger partial charge in [-0.05, 0) is 31.0 Å². The zero-order valence-corrected chi connectivity index (χ0v) is 9.27. The number of aromatic nitrogens is 1. The van der Waals surface area contributed by atoms with Crippen LogP contribution in [0, 0.1) is 13.8 Å². The van der Waals surface area contributed by atoms with E-state index in [1.54, 1.807) is 6.21 Å². The van der Waals surface area contributed by atoms with E-state index in [0.717, 1.165) is 28.1 Å². The smallest absolute Gasteiger partial charge is 0.141 e. The highest BCUT2D eigenvalue weighted by atomic mass is 16.5. The molecule has 0 spiro atoms. The summed E-state index contributed by atoms with van der Waals surface area (Å²) in [4.78, 5) is 0. The fraction of sp³-hybridized carbons (Fsp3) is 0.167. The van der Waals surface area contributed by atoms with Gasteiger partial charge in [0.15, 0.2) is 0 Å². The van der Waals surface area contributed by atoms with Crippen LogP contribution in [0.3, 0.4) is 0 Å². The van der Waals surface area contributed by atoms with Gasteiger partial charge in [0.25, 0.3) is 0 Å². The van der Waals surface area contributed by atoms with Gasteiger partial charge in [0, 0.05) is 5.56 Å². The van der Waals surface area contributed by atoms with Crippen LogP contribution in [0.25, 0.3) is 11.1 Å². The molecule has 0 saturated carbocycles. The Kier molecular flexibility index (Phi) is 2.72. The minimum Gasteiger partial charge on any atom is -0.361 e. The summed E-state index contributed by atoms with van der Waals surface area (Å²) in [7, 11) is 0. The summed E-state index contributed by atoms with van der Waals surface area (Å²) in [6.45, 7) is 3.83. The molecular formula is C12H13N3O. The molecule has 2 aromatic rings. The molecule has 0 aliphatic carbocycles. The Morgan fingerprint density at radius 3 is 2.81 bits per heavy atom. The maximum absolute atomic E-state index is 5.14. The van der Waals surface area contributed by atoms with Crippen molar-refractivity contribution < 1.29 is 4.52 Å². The average Bonchev–Trinajstić information content (AvgIpc) is 2.59. The second kappa shape index (κ2) is 4.18. The molecule has 0 atom stereocenters. The second-order valence-corrected chi connectivity index (χ2v) is 3.60. The van der Waals surface area contributed by atoms with E-state index in [-0.39, 0.29) is 0 Å². The topological polar surface area (TPSA) is 64.4 Å². The molecular weight excluding hydrogens is 202 g/mol. The van der Waals surface area contributed by atoms with Gasteiger partial charge in [-0.25, -0.2) is 0 Å². The first kappa shape index (κ1) is 10.4. The fourth-order valence-electron chi connectivity index (χ4n) is 1.76. The van der Waals surface area contributed by atoms with E-state index in [4.69, 9.17) is 10.4 Å². The van der Waals surface area contributed by atoms with E-state index in [1.807, 2.05) is 38.1 Å². The molecule has 0 aliphatic heterocycles.